The fraction of sp³-hybridized carbons (Fsp3) is 0.393. The predicted molar refractivity (Wildman–Crippen MR) is 144 cm³/mol. The SMILES string of the molecule is N#Cc1cc(-c2ccnc(Nc3cncc(C(=O)N4CCN(CCO)CC4)c3)n2)ccc1OC1CCOCC1. The van der Waals surface area contributed by atoms with Gasteiger partial charge in [-0.25, -0.2) is 9.97 Å². The molecule has 4 heterocycles. The molecule has 0 bridgehead atoms. The Morgan fingerprint density at radius 3 is 2.74 bits per heavy atom. The largest absolute Gasteiger partial charge is 0.489 e. The Hall–Kier alpha value is -4.11. The molecule has 2 saturated heterocycles. The normalized spacial score (nSPS) is 16.5. The van der Waals surface area contributed by atoms with Crippen LogP contribution >= 0.6 is 0 Å². The first kappa shape index (κ1) is 26.5. The van der Waals surface area contributed by atoms with Crippen molar-refractivity contribution in [3.8, 4) is 23.1 Å². The highest BCUT2D eigenvalue weighted by Gasteiger charge is 2.22. The molecule has 11 nitrogen and oxygen atoms in total. The Labute approximate surface area is 227 Å². The number of nitriles is 1. The van der Waals surface area contributed by atoms with E-state index in [0.29, 0.717) is 67.1 Å². The monoisotopic (exact) mass is 529 g/mol. The number of hydrogen-bond donors (Lipinski definition) is 2. The number of nitrogens with zero attached hydrogens (tertiary/aromatic N) is 6. The van der Waals surface area contributed by atoms with Gasteiger partial charge >= 0.3 is 0 Å². The van der Waals surface area contributed by atoms with Crippen LogP contribution in [0, 0.1) is 11.3 Å². The number of hydrogen-bond acceptors (Lipinski definition) is 10. The third-order valence-electron chi connectivity index (χ3n) is 6.83. The molecule has 0 radical (unpaired) electrons. The Bertz CT molecular complexity index is 1330. The number of carbonyl (C=O) groups excluding carboxylic acids is 1. The number of β-amino-alcohol motifs (C(OH)–C–C–N with tert-alkyl or cyclic N) is 1. The molecule has 202 valence electrons. The number of benzene rings is 1. The molecule has 2 aliphatic heterocycles. The average Bonchev–Trinajstić information content (AvgIpc) is 2.98. The van der Waals surface area contributed by atoms with Crippen molar-refractivity contribution in [2.75, 3.05) is 57.9 Å². The van der Waals surface area contributed by atoms with Gasteiger partial charge in [0.25, 0.3) is 5.91 Å². The van der Waals surface area contributed by atoms with Crippen LogP contribution in [0.2, 0.25) is 0 Å². The van der Waals surface area contributed by atoms with E-state index in [4.69, 9.17) is 14.6 Å². The Morgan fingerprint density at radius 2 is 1.97 bits per heavy atom. The van der Waals surface area contributed by atoms with Gasteiger partial charge in [0.15, 0.2) is 0 Å². The Morgan fingerprint density at radius 1 is 1.15 bits per heavy atom. The standard InChI is InChI=1S/C28H31N7O4/c29-17-21-15-20(1-2-26(21)39-24-4-13-38-14-5-24)25-3-6-31-28(33-25)32-23-16-22(18-30-19-23)27(37)35-9-7-34(8-10-35)11-12-36/h1-3,6,15-16,18-19,24,36H,4-5,7-14H2,(H,31,32,33). The maximum atomic E-state index is 13.0. The number of aliphatic hydroxyl groups excluding tert-OH is 1. The zero-order valence-electron chi connectivity index (χ0n) is 21.6. The first-order chi connectivity index (χ1) is 19.1. The maximum absolute atomic E-state index is 13.0. The lowest BCUT2D eigenvalue weighted by Crippen LogP contribution is -2.49. The highest BCUT2D eigenvalue weighted by atomic mass is 16.5. The van der Waals surface area contributed by atoms with Crippen LogP contribution in [0.25, 0.3) is 11.3 Å². The van der Waals surface area contributed by atoms with Crippen molar-refractivity contribution >= 4 is 17.5 Å². The van der Waals surface area contributed by atoms with Crippen LogP contribution in [0.3, 0.4) is 0 Å². The molecule has 0 atom stereocenters. The van der Waals surface area contributed by atoms with Crippen molar-refractivity contribution in [2.24, 2.45) is 0 Å². The van der Waals surface area contributed by atoms with E-state index in [0.717, 1.165) is 31.5 Å². The van der Waals surface area contributed by atoms with Gasteiger partial charge in [-0.1, -0.05) is 0 Å². The number of amides is 1. The third-order valence-corrected chi connectivity index (χ3v) is 6.83. The zero-order chi connectivity index (χ0) is 27.0. The smallest absolute Gasteiger partial charge is 0.255 e. The first-order valence-electron chi connectivity index (χ1n) is 13.1. The minimum atomic E-state index is -0.0865. The number of pyridine rings is 1. The van der Waals surface area contributed by atoms with Crippen LogP contribution in [0.15, 0.2) is 48.9 Å². The van der Waals surface area contributed by atoms with Crippen LogP contribution in [0.1, 0.15) is 28.8 Å². The van der Waals surface area contributed by atoms with Crippen LogP contribution in [0.5, 0.6) is 5.75 Å². The molecule has 0 unspecified atom stereocenters. The molecular formula is C28H31N7O4. The van der Waals surface area contributed by atoms with E-state index in [1.165, 1.54) is 0 Å². The number of nitrogens with one attached hydrogen (secondary N) is 1. The van der Waals surface area contributed by atoms with Crippen LogP contribution < -0.4 is 10.1 Å². The summed E-state index contributed by atoms with van der Waals surface area (Å²) >= 11 is 0. The maximum Gasteiger partial charge on any atom is 0.255 e. The summed E-state index contributed by atoms with van der Waals surface area (Å²) in [7, 11) is 0. The summed E-state index contributed by atoms with van der Waals surface area (Å²) in [5.74, 6) is 0.817. The topological polar surface area (TPSA) is 137 Å². The minimum Gasteiger partial charge on any atom is -0.489 e. The van der Waals surface area contributed by atoms with E-state index in [2.05, 4.69) is 31.2 Å². The van der Waals surface area contributed by atoms with E-state index >= 15 is 0 Å². The summed E-state index contributed by atoms with van der Waals surface area (Å²) in [5, 5.41) is 22.0. The van der Waals surface area contributed by atoms with Crippen LogP contribution in [-0.2, 0) is 4.74 Å². The van der Waals surface area contributed by atoms with Gasteiger partial charge in [0.2, 0.25) is 5.95 Å². The lowest BCUT2D eigenvalue weighted by Gasteiger charge is -2.34. The molecular weight excluding hydrogens is 498 g/mol. The summed E-state index contributed by atoms with van der Waals surface area (Å²) in [6.45, 7) is 4.73. The summed E-state index contributed by atoms with van der Waals surface area (Å²) < 4.78 is 11.4. The third kappa shape index (κ3) is 6.67. The van der Waals surface area contributed by atoms with E-state index in [9.17, 15) is 10.1 Å². The Kier molecular flexibility index (Phi) is 8.58. The number of carbonyl (C=O) groups is 1. The highest BCUT2D eigenvalue weighted by molar-refractivity contribution is 5.95. The average molecular weight is 530 g/mol. The molecule has 1 aromatic carbocycles. The van der Waals surface area contributed by atoms with Gasteiger partial charge in [0, 0.05) is 63.5 Å². The fourth-order valence-electron chi connectivity index (χ4n) is 4.69. The second-order valence-corrected chi connectivity index (χ2v) is 9.46. The van der Waals surface area contributed by atoms with Gasteiger partial charge in [0.05, 0.1) is 48.5 Å². The summed E-state index contributed by atoms with van der Waals surface area (Å²) in [6.07, 6.45) is 6.45. The Balaban J connectivity index is 1.27. The van der Waals surface area contributed by atoms with Crippen LogP contribution in [-0.4, -0.2) is 94.4 Å². The van der Waals surface area contributed by atoms with Crippen molar-refractivity contribution in [1.29, 1.82) is 5.26 Å². The molecule has 0 spiro atoms. The van der Waals surface area contributed by atoms with Crippen molar-refractivity contribution in [2.45, 2.75) is 18.9 Å². The lowest BCUT2D eigenvalue weighted by atomic mass is 10.1. The summed E-state index contributed by atoms with van der Waals surface area (Å²) in [4.78, 5) is 30.1. The second kappa shape index (κ2) is 12.6. The summed E-state index contributed by atoms with van der Waals surface area (Å²) in [6, 6.07) is 11.2. The lowest BCUT2D eigenvalue weighted by molar-refractivity contribution is 0.0254. The first-order valence-corrected chi connectivity index (χ1v) is 13.1. The quantitative estimate of drug-likeness (QED) is 0.448. The molecule has 2 fully saturated rings. The van der Waals surface area contributed by atoms with Gasteiger partial charge in [-0.05, 0) is 30.3 Å². The molecule has 2 aromatic heterocycles. The molecule has 5 rings (SSSR count). The van der Waals surface area contributed by atoms with Gasteiger partial charge in [-0.2, -0.15) is 5.26 Å². The van der Waals surface area contributed by atoms with Crippen molar-refractivity contribution in [3.05, 3.63) is 60.0 Å². The molecule has 11 heteroatoms. The van der Waals surface area contributed by atoms with Gasteiger partial charge in [-0.3, -0.25) is 14.7 Å². The number of piperazine rings is 1. The van der Waals surface area contributed by atoms with E-state index < -0.39 is 0 Å². The minimum absolute atomic E-state index is 0.0404. The molecule has 3 aromatic rings. The molecule has 2 aliphatic rings. The predicted octanol–water partition coefficient (Wildman–Crippen LogP) is 2.46. The van der Waals surface area contributed by atoms with Crippen molar-refractivity contribution in [1.82, 2.24) is 24.8 Å². The fourth-order valence-corrected chi connectivity index (χ4v) is 4.69. The molecule has 0 saturated carbocycles. The number of aromatic nitrogens is 3. The van der Waals surface area contributed by atoms with E-state index in [-0.39, 0.29) is 18.6 Å². The van der Waals surface area contributed by atoms with E-state index in [1.807, 2.05) is 6.07 Å². The number of ether oxygens (including phenoxy) is 2. The number of rotatable bonds is 8. The van der Waals surface area contributed by atoms with Gasteiger partial charge in [0.1, 0.15) is 17.9 Å². The second-order valence-electron chi connectivity index (χ2n) is 9.46. The highest BCUT2D eigenvalue weighted by Crippen LogP contribution is 2.28. The zero-order valence-corrected chi connectivity index (χ0v) is 21.6. The van der Waals surface area contributed by atoms with Crippen molar-refractivity contribution in [3.63, 3.8) is 0 Å². The van der Waals surface area contributed by atoms with E-state index in [1.54, 1.807) is 47.8 Å². The van der Waals surface area contributed by atoms with Gasteiger partial charge < -0.3 is 24.8 Å². The number of anilines is 2. The molecule has 1 amide bonds. The molecule has 2 N–H and O–H groups in total. The van der Waals surface area contributed by atoms with Crippen LogP contribution in [0.4, 0.5) is 11.6 Å². The summed E-state index contributed by atoms with van der Waals surface area (Å²) in [5.41, 5.74) is 2.92. The molecule has 39 heavy (non-hydrogen) atoms. The van der Waals surface area contributed by atoms with Crippen molar-refractivity contribution < 1.29 is 19.4 Å². The number of aliphatic hydroxyl groups is 1. The molecule has 0 aliphatic carbocycles. The van der Waals surface area contributed by atoms with Gasteiger partial charge in [-0.15, -0.1) is 0 Å².